The molecular formula is C5H9N2O2S+. The van der Waals surface area contributed by atoms with Crippen molar-refractivity contribution >= 4 is 10.0 Å². The van der Waals surface area contributed by atoms with Crippen LogP contribution in [-0.2, 0) is 10.0 Å². The van der Waals surface area contributed by atoms with Crippen molar-refractivity contribution in [1.82, 2.24) is 4.98 Å². The zero-order valence-electron chi connectivity index (χ0n) is 5.83. The Balaban J connectivity index is 3.32. The van der Waals surface area contributed by atoms with E-state index in [1.165, 1.54) is 10.2 Å². The molecule has 0 aliphatic heterocycles. The third-order valence-electron chi connectivity index (χ3n) is 1.19. The molecule has 0 aliphatic carbocycles. The summed E-state index contributed by atoms with van der Waals surface area (Å²) in [6, 6.07) is 0. The highest BCUT2D eigenvalue weighted by Gasteiger charge is 2.14. The molecule has 0 radical (unpaired) electrons. The molecule has 0 amide bonds. The molecule has 5 heteroatoms. The summed E-state index contributed by atoms with van der Waals surface area (Å²) in [7, 11) is -3.10. The van der Waals surface area contributed by atoms with Crippen LogP contribution < -0.4 is 3.97 Å². The molecule has 0 aliphatic rings. The number of rotatable bonds is 1. The van der Waals surface area contributed by atoms with Gasteiger partial charge in [0.25, 0.3) is 5.82 Å². The van der Waals surface area contributed by atoms with Crippen molar-refractivity contribution in [2.75, 3.05) is 6.26 Å². The van der Waals surface area contributed by atoms with E-state index in [1.807, 2.05) is 0 Å². The van der Waals surface area contributed by atoms with Crippen LogP contribution in [0.5, 0.6) is 0 Å². The van der Waals surface area contributed by atoms with Crippen LogP contribution in [0.4, 0.5) is 0 Å². The van der Waals surface area contributed by atoms with E-state index in [2.05, 4.69) is 4.98 Å². The number of aryl methyl sites for hydroxylation is 1. The first-order chi connectivity index (χ1) is 4.52. The molecule has 4 nitrogen and oxygen atoms in total. The first kappa shape index (κ1) is 7.27. The molecule has 0 saturated heterocycles. The normalized spacial score (nSPS) is 11.8. The van der Waals surface area contributed by atoms with Crippen LogP contribution in [0.25, 0.3) is 0 Å². The highest BCUT2D eigenvalue weighted by molar-refractivity contribution is 7.84. The number of aromatic nitrogens is 2. The fourth-order valence-electron chi connectivity index (χ4n) is 0.760. The third kappa shape index (κ3) is 1.18. The maximum Gasteiger partial charge on any atom is 0.302 e. The van der Waals surface area contributed by atoms with Gasteiger partial charge < -0.3 is 0 Å². The maximum atomic E-state index is 10.9. The molecule has 0 spiro atoms. The highest BCUT2D eigenvalue weighted by atomic mass is 32.2. The van der Waals surface area contributed by atoms with Crippen molar-refractivity contribution in [3.05, 3.63) is 18.2 Å². The van der Waals surface area contributed by atoms with E-state index in [4.69, 9.17) is 0 Å². The van der Waals surface area contributed by atoms with Crippen molar-refractivity contribution < 1.29 is 12.4 Å². The van der Waals surface area contributed by atoms with Gasteiger partial charge in [-0.2, -0.15) is 8.42 Å². The molecule has 1 rings (SSSR count). The molecule has 0 bridgehead atoms. The van der Waals surface area contributed by atoms with E-state index in [1.54, 1.807) is 13.1 Å². The van der Waals surface area contributed by atoms with Crippen LogP contribution >= 0.6 is 0 Å². The van der Waals surface area contributed by atoms with Gasteiger partial charge in [0.05, 0.1) is 6.26 Å². The van der Waals surface area contributed by atoms with Gasteiger partial charge in [-0.25, -0.2) is 4.98 Å². The number of nitrogens with one attached hydrogen (secondary N) is 1. The van der Waals surface area contributed by atoms with Gasteiger partial charge in [-0.1, -0.05) is 0 Å². The predicted molar refractivity (Wildman–Crippen MR) is 36.0 cm³/mol. The molecule has 0 fully saturated rings. The van der Waals surface area contributed by atoms with E-state index in [-0.39, 0.29) is 0 Å². The Morgan fingerprint density at radius 1 is 1.60 bits per heavy atom. The molecule has 0 saturated carbocycles. The summed E-state index contributed by atoms with van der Waals surface area (Å²) in [5, 5.41) is 0. The summed E-state index contributed by atoms with van der Waals surface area (Å²) in [6.07, 6.45) is 4.22. The van der Waals surface area contributed by atoms with Gasteiger partial charge in [-0.05, 0) is 0 Å². The van der Waals surface area contributed by atoms with Gasteiger partial charge in [-0.15, -0.1) is 3.97 Å². The third-order valence-corrected chi connectivity index (χ3v) is 2.30. The molecular weight excluding hydrogens is 152 g/mol. The fourth-order valence-corrected chi connectivity index (χ4v) is 1.59. The van der Waals surface area contributed by atoms with Crippen LogP contribution in [0, 0.1) is 6.92 Å². The first-order valence-corrected chi connectivity index (χ1v) is 4.63. The van der Waals surface area contributed by atoms with Gasteiger partial charge >= 0.3 is 10.0 Å². The van der Waals surface area contributed by atoms with E-state index in [0.29, 0.717) is 5.82 Å². The van der Waals surface area contributed by atoms with Crippen LogP contribution in [0.15, 0.2) is 12.4 Å². The monoisotopic (exact) mass is 161 g/mol. The van der Waals surface area contributed by atoms with Gasteiger partial charge in [0.15, 0.2) is 0 Å². The van der Waals surface area contributed by atoms with Crippen LogP contribution in [0.2, 0.25) is 0 Å². The van der Waals surface area contributed by atoms with E-state index >= 15 is 0 Å². The van der Waals surface area contributed by atoms with Crippen molar-refractivity contribution in [3.63, 3.8) is 0 Å². The molecule has 1 N–H and O–H groups in total. The number of imidazole rings is 1. The largest absolute Gasteiger partial charge is 0.302 e. The second-order valence-corrected chi connectivity index (χ2v) is 3.96. The summed E-state index contributed by atoms with van der Waals surface area (Å²) < 4.78 is 22.9. The second-order valence-electron chi connectivity index (χ2n) is 2.10. The number of hydrogen-bond acceptors (Lipinski definition) is 2. The Hall–Kier alpha value is -0.840. The Morgan fingerprint density at radius 2 is 2.20 bits per heavy atom. The second kappa shape index (κ2) is 2.09. The SMILES string of the molecule is Cc1[nH]cc[n+]1S(C)(=O)=O. The topological polar surface area (TPSA) is 53.8 Å². The van der Waals surface area contributed by atoms with Crippen molar-refractivity contribution in [2.24, 2.45) is 0 Å². The molecule has 1 heterocycles. The average molecular weight is 161 g/mol. The zero-order chi connectivity index (χ0) is 7.78. The summed E-state index contributed by atoms with van der Waals surface area (Å²) in [6.45, 7) is 1.70. The lowest BCUT2D eigenvalue weighted by Gasteiger charge is -1.89. The Morgan fingerprint density at radius 3 is 2.40 bits per heavy atom. The number of hydrogen-bond donors (Lipinski definition) is 1. The van der Waals surface area contributed by atoms with Crippen molar-refractivity contribution in [1.29, 1.82) is 0 Å². The van der Waals surface area contributed by atoms with Gasteiger partial charge in [0, 0.05) is 6.92 Å². The molecule has 0 unspecified atom stereocenters. The number of H-pyrrole nitrogens is 1. The standard InChI is InChI=1S/C5H8N2O2S/c1-5-6-3-4-7(5)10(2,8)9/h3-4H,1-2H3/p+1. The minimum Gasteiger partial charge on any atom is -0.247 e. The van der Waals surface area contributed by atoms with E-state index < -0.39 is 10.0 Å². The molecule has 0 aromatic carbocycles. The summed E-state index contributed by atoms with van der Waals surface area (Å²) in [5.74, 6) is 0.613. The van der Waals surface area contributed by atoms with Crippen molar-refractivity contribution in [2.45, 2.75) is 6.92 Å². The Bertz CT molecular complexity index is 325. The summed E-state index contributed by atoms with van der Waals surface area (Å²) in [4.78, 5) is 2.76. The minimum absolute atomic E-state index is 0.613. The molecule has 1 aromatic heterocycles. The summed E-state index contributed by atoms with van der Waals surface area (Å²) in [5.41, 5.74) is 0. The Labute approximate surface area is 59.6 Å². The minimum atomic E-state index is -3.10. The quantitative estimate of drug-likeness (QED) is 0.560. The lowest BCUT2D eigenvalue weighted by atomic mass is 10.8. The number of aromatic amines is 1. The molecule has 10 heavy (non-hydrogen) atoms. The zero-order valence-corrected chi connectivity index (χ0v) is 6.64. The van der Waals surface area contributed by atoms with E-state index in [0.717, 1.165) is 6.26 Å². The highest BCUT2D eigenvalue weighted by Crippen LogP contribution is 1.84. The maximum absolute atomic E-state index is 10.9. The lowest BCUT2D eigenvalue weighted by Crippen LogP contribution is -2.42. The molecule has 0 atom stereocenters. The summed E-state index contributed by atoms with van der Waals surface area (Å²) >= 11 is 0. The lowest BCUT2D eigenvalue weighted by molar-refractivity contribution is -0.516. The average Bonchev–Trinajstić information content (AvgIpc) is 2.11. The van der Waals surface area contributed by atoms with Crippen molar-refractivity contribution in [3.8, 4) is 0 Å². The van der Waals surface area contributed by atoms with E-state index in [9.17, 15) is 8.42 Å². The smallest absolute Gasteiger partial charge is 0.247 e. The van der Waals surface area contributed by atoms with Crippen LogP contribution in [0.3, 0.4) is 0 Å². The fraction of sp³-hybridized carbons (Fsp3) is 0.400. The van der Waals surface area contributed by atoms with Gasteiger partial charge in [-0.3, -0.25) is 0 Å². The van der Waals surface area contributed by atoms with Crippen LogP contribution in [0.1, 0.15) is 5.82 Å². The van der Waals surface area contributed by atoms with Crippen LogP contribution in [-0.4, -0.2) is 19.7 Å². The number of nitrogens with zero attached hydrogens (tertiary/aromatic N) is 1. The Kier molecular flexibility index (Phi) is 1.52. The van der Waals surface area contributed by atoms with Gasteiger partial charge in [0.2, 0.25) is 0 Å². The molecule has 56 valence electrons. The predicted octanol–water partition coefficient (Wildman–Crippen LogP) is -0.582. The van der Waals surface area contributed by atoms with Gasteiger partial charge in [0.1, 0.15) is 12.4 Å². The molecule has 1 aromatic rings. The first-order valence-electron chi connectivity index (χ1n) is 2.78.